The largest absolute Gasteiger partial charge is 0.383 e. The molecule has 0 aliphatic carbocycles. The number of nitrogens with zero attached hydrogens (tertiary/aromatic N) is 2. The van der Waals surface area contributed by atoms with Crippen molar-refractivity contribution >= 4 is 5.91 Å². The molecule has 6 heteroatoms. The van der Waals surface area contributed by atoms with Crippen LogP contribution < -0.4 is 10.7 Å². The molecule has 0 radical (unpaired) electrons. The van der Waals surface area contributed by atoms with Crippen molar-refractivity contribution in [3.63, 3.8) is 0 Å². The van der Waals surface area contributed by atoms with E-state index in [1.165, 1.54) is 0 Å². The Kier molecular flexibility index (Phi) is 7.36. The van der Waals surface area contributed by atoms with E-state index in [1.54, 1.807) is 25.6 Å². The lowest BCUT2D eigenvalue weighted by atomic mass is 9.99. The highest BCUT2D eigenvalue weighted by Gasteiger charge is 2.22. The van der Waals surface area contributed by atoms with E-state index in [-0.39, 0.29) is 22.9 Å². The van der Waals surface area contributed by atoms with E-state index in [0.717, 1.165) is 22.4 Å². The molecule has 2 heterocycles. The number of aryl methyl sites for hydroxylation is 2. The third-order valence-electron chi connectivity index (χ3n) is 5.36. The molecule has 1 aromatic carbocycles. The Morgan fingerprint density at radius 3 is 2.55 bits per heavy atom. The summed E-state index contributed by atoms with van der Waals surface area (Å²) in [6.07, 6.45) is 3.97. The molecule has 2 aromatic heterocycles. The average Bonchev–Trinajstić information content (AvgIpc) is 2.73. The Hall–Kier alpha value is -3.25. The van der Waals surface area contributed by atoms with Crippen LogP contribution in [0.3, 0.4) is 0 Å². The Morgan fingerprint density at radius 2 is 1.87 bits per heavy atom. The molecule has 31 heavy (non-hydrogen) atoms. The number of hydrogen-bond donors (Lipinski definition) is 1. The molecule has 0 saturated heterocycles. The van der Waals surface area contributed by atoms with Crippen LogP contribution in [0, 0.1) is 13.8 Å². The van der Waals surface area contributed by atoms with Gasteiger partial charge in [0.25, 0.3) is 5.91 Å². The van der Waals surface area contributed by atoms with Crippen LogP contribution in [-0.4, -0.2) is 35.2 Å². The molecule has 1 unspecified atom stereocenters. The summed E-state index contributed by atoms with van der Waals surface area (Å²) in [5.74, 6) is -0.374. The fourth-order valence-electron chi connectivity index (χ4n) is 3.72. The summed E-state index contributed by atoms with van der Waals surface area (Å²) in [6.45, 7) is 6.71. The lowest BCUT2D eigenvalue weighted by Crippen LogP contribution is -2.39. The third kappa shape index (κ3) is 5.47. The van der Waals surface area contributed by atoms with E-state index in [2.05, 4.69) is 14.9 Å². The molecule has 0 fully saturated rings. The molecule has 3 rings (SSSR count). The number of carbonyl (C=O) groups excluding carboxylic acids is 1. The maximum Gasteiger partial charge on any atom is 0.257 e. The van der Waals surface area contributed by atoms with Crippen LogP contribution in [0.1, 0.15) is 45.4 Å². The van der Waals surface area contributed by atoms with Crippen LogP contribution >= 0.6 is 0 Å². The van der Waals surface area contributed by atoms with Gasteiger partial charge in [0, 0.05) is 56.0 Å². The number of hydrogen-bond acceptors (Lipinski definition) is 4. The summed E-state index contributed by atoms with van der Waals surface area (Å²) < 4.78 is 7.18. The van der Waals surface area contributed by atoms with Crippen molar-refractivity contribution in [3.05, 3.63) is 98.7 Å². The van der Waals surface area contributed by atoms with Crippen LogP contribution in [0.4, 0.5) is 0 Å². The normalized spacial score (nSPS) is 11.9. The van der Waals surface area contributed by atoms with Gasteiger partial charge in [-0.1, -0.05) is 24.3 Å². The summed E-state index contributed by atoms with van der Waals surface area (Å²) in [5.41, 5.74) is 4.68. The Labute approximate surface area is 182 Å². The van der Waals surface area contributed by atoms with Gasteiger partial charge in [0.1, 0.15) is 5.56 Å². The topological polar surface area (TPSA) is 73.2 Å². The zero-order chi connectivity index (χ0) is 22.4. The van der Waals surface area contributed by atoms with Crippen LogP contribution in [0.2, 0.25) is 0 Å². The molecule has 1 amide bonds. The lowest BCUT2D eigenvalue weighted by molar-refractivity contribution is 0.0902. The van der Waals surface area contributed by atoms with E-state index in [4.69, 9.17) is 4.74 Å². The summed E-state index contributed by atoms with van der Waals surface area (Å²) in [7, 11) is 1.58. The Bertz CT molecular complexity index is 1110. The number of nitrogens with one attached hydrogen (secondary N) is 1. The van der Waals surface area contributed by atoms with Gasteiger partial charge in [-0.2, -0.15) is 0 Å². The molecular formula is C25H29N3O3. The quantitative estimate of drug-likeness (QED) is 0.608. The second-order valence-corrected chi connectivity index (χ2v) is 7.85. The first-order valence-corrected chi connectivity index (χ1v) is 10.4. The van der Waals surface area contributed by atoms with Gasteiger partial charge in [0.2, 0.25) is 0 Å². The van der Waals surface area contributed by atoms with E-state index < -0.39 is 0 Å². The van der Waals surface area contributed by atoms with E-state index in [0.29, 0.717) is 25.3 Å². The number of pyridine rings is 2. The van der Waals surface area contributed by atoms with Gasteiger partial charge in [0.05, 0.1) is 6.61 Å². The second-order valence-electron chi connectivity index (χ2n) is 7.85. The fraction of sp³-hybridized carbons (Fsp3) is 0.320. The number of ether oxygens (including phenoxy) is 1. The van der Waals surface area contributed by atoms with Crippen molar-refractivity contribution < 1.29 is 9.53 Å². The summed E-state index contributed by atoms with van der Waals surface area (Å²) in [4.78, 5) is 30.3. The Balaban J connectivity index is 2.14. The Morgan fingerprint density at radius 1 is 1.16 bits per heavy atom. The first kappa shape index (κ1) is 22.4. The molecule has 0 aliphatic rings. The van der Waals surface area contributed by atoms with Crippen molar-refractivity contribution in [2.75, 3.05) is 13.7 Å². The number of rotatable bonds is 8. The van der Waals surface area contributed by atoms with Crippen LogP contribution in [0.25, 0.3) is 0 Å². The molecule has 0 spiro atoms. The van der Waals surface area contributed by atoms with Crippen LogP contribution in [-0.2, 0) is 17.7 Å². The minimum Gasteiger partial charge on any atom is -0.383 e. The first-order chi connectivity index (χ1) is 14.9. The van der Waals surface area contributed by atoms with Gasteiger partial charge < -0.3 is 14.6 Å². The molecule has 0 aliphatic heterocycles. The van der Waals surface area contributed by atoms with Crippen LogP contribution in [0.15, 0.2) is 59.7 Å². The smallest absolute Gasteiger partial charge is 0.257 e. The summed E-state index contributed by atoms with van der Waals surface area (Å²) in [6, 6.07) is 13.2. The third-order valence-corrected chi connectivity index (χ3v) is 5.36. The first-order valence-electron chi connectivity index (χ1n) is 10.4. The maximum atomic E-state index is 13.2. The summed E-state index contributed by atoms with van der Waals surface area (Å²) in [5, 5.41) is 2.90. The van der Waals surface area contributed by atoms with Gasteiger partial charge in [-0.25, -0.2) is 0 Å². The van der Waals surface area contributed by atoms with Crippen molar-refractivity contribution in [2.45, 2.75) is 39.8 Å². The number of methoxy groups -OCH3 is 1. The van der Waals surface area contributed by atoms with Gasteiger partial charge in [0.15, 0.2) is 5.43 Å². The van der Waals surface area contributed by atoms with Gasteiger partial charge >= 0.3 is 0 Å². The molecule has 3 aromatic rings. The number of benzene rings is 1. The molecule has 0 saturated carbocycles. The molecule has 6 nitrogen and oxygen atoms in total. The zero-order valence-electron chi connectivity index (χ0n) is 18.5. The van der Waals surface area contributed by atoms with Gasteiger partial charge in [-0.3, -0.25) is 14.6 Å². The van der Waals surface area contributed by atoms with Crippen molar-refractivity contribution in [1.82, 2.24) is 14.9 Å². The highest BCUT2D eigenvalue weighted by Crippen LogP contribution is 2.19. The molecule has 1 atom stereocenters. The zero-order valence-corrected chi connectivity index (χ0v) is 18.5. The van der Waals surface area contributed by atoms with E-state index in [9.17, 15) is 9.59 Å². The summed E-state index contributed by atoms with van der Waals surface area (Å²) >= 11 is 0. The van der Waals surface area contributed by atoms with E-state index >= 15 is 0 Å². The van der Waals surface area contributed by atoms with Gasteiger partial charge in [-0.15, -0.1) is 0 Å². The number of amides is 1. The highest BCUT2D eigenvalue weighted by atomic mass is 16.5. The van der Waals surface area contributed by atoms with Crippen molar-refractivity contribution in [1.29, 1.82) is 0 Å². The molecule has 1 N–H and O–H groups in total. The average molecular weight is 420 g/mol. The molecular weight excluding hydrogens is 390 g/mol. The second kappa shape index (κ2) is 10.2. The minimum absolute atomic E-state index is 0.186. The predicted octanol–water partition coefficient (Wildman–Crippen LogP) is 3.26. The van der Waals surface area contributed by atoms with Crippen LogP contribution in [0.5, 0.6) is 0 Å². The predicted molar refractivity (Wildman–Crippen MR) is 122 cm³/mol. The molecule has 162 valence electrons. The highest BCUT2D eigenvalue weighted by molar-refractivity contribution is 5.95. The fourth-order valence-corrected chi connectivity index (χ4v) is 3.72. The lowest BCUT2D eigenvalue weighted by Gasteiger charge is -2.22. The van der Waals surface area contributed by atoms with Crippen molar-refractivity contribution in [2.24, 2.45) is 0 Å². The van der Waals surface area contributed by atoms with Gasteiger partial charge in [-0.05, 0) is 49.6 Å². The molecule has 0 bridgehead atoms. The maximum absolute atomic E-state index is 13.2. The number of aromatic nitrogens is 2. The van der Waals surface area contributed by atoms with E-state index in [1.807, 2.05) is 57.2 Å². The monoisotopic (exact) mass is 419 g/mol. The van der Waals surface area contributed by atoms with Crippen molar-refractivity contribution in [3.8, 4) is 0 Å². The number of carbonyl (C=O) groups is 1. The SMILES string of the molecule is COCC(C)NC(=O)c1c(Cc2ccccc2C)n(Cc2ccncc2)c(C)cc1=O. The standard InChI is InChI=1S/C25H29N3O3/c1-17-7-5-6-8-21(17)14-22-24(25(30)27-18(2)16-31-4)23(29)13-19(3)28(22)15-20-9-11-26-12-10-20/h5-13,18H,14-16H2,1-4H3,(H,27,30). The minimum atomic E-state index is -0.374.